The molecule has 0 aliphatic carbocycles. The number of rotatable bonds is 4. The van der Waals surface area contributed by atoms with Crippen LogP contribution in [0, 0.1) is 32.5 Å². The molecule has 0 spiro atoms. The van der Waals surface area contributed by atoms with Gasteiger partial charge in [-0.05, 0) is 46.1 Å². The summed E-state index contributed by atoms with van der Waals surface area (Å²) in [5.74, 6) is -0.0252. The van der Waals surface area contributed by atoms with E-state index >= 15 is 0 Å². The highest BCUT2D eigenvalue weighted by Gasteiger charge is 2.34. The third-order valence-electron chi connectivity index (χ3n) is 8.08. The monoisotopic (exact) mass is 544 g/mol. The number of aliphatic hydroxyl groups excluding tert-OH is 1. The molecule has 1 aromatic carbocycles. The first-order chi connectivity index (χ1) is 19.2. The number of piperidine rings is 1. The minimum Gasteiger partial charge on any atom is -0.391 e. The fraction of sp³-hybridized carbons (Fsp3) is 0.448. The Morgan fingerprint density at radius 1 is 1.10 bits per heavy atom. The number of carbonyl (C=O) groups is 1. The Morgan fingerprint density at radius 2 is 1.90 bits per heavy atom. The van der Waals surface area contributed by atoms with Crippen LogP contribution in [0.4, 0.5) is 10.2 Å². The molecule has 3 aromatic heterocycles. The largest absolute Gasteiger partial charge is 0.391 e. The molecule has 2 aliphatic rings. The average molecular weight is 545 g/mol. The number of anilines is 1. The molecule has 0 bridgehead atoms. The minimum atomic E-state index is -0.513. The van der Waals surface area contributed by atoms with Gasteiger partial charge in [-0.25, -0.2) is 23.9 Å². The maximum Gasteiger partial charge on any atom is 0.256 e. The molecule has 0 unspecified atom stereocenters. The van der Waals surface area contributed by atoms with E-state index in [1.165, 1.54) is 12.1 Å². The van der Waals surface area contributed by atoms with Crippen LogP contribution in [0.25, 0.3) is 16.7 Å². The smallest absolute Gasteiger partial charge is 0.256 e. The summed E-state index contributed by atoms with van der Waals surface area (Å²) in [6.45, 7) is 7.30. The molecule has 5 heterocycles. The van der Waals surface area contributed by atoms with Crippen LogP contribution in [0.1, 0.15) is 58.3 Å². The predicted molar refractivity (Wildman–Crippen MR) is 150 cm³/mol. The third kappa shape index (κ3) is 4.57. The first kappa shape index (κ1) is 26.2. The zero-order chi connectivity index (χ0) is 28.1. The molecule has 11 heteroatoms. The van der Waals surface area contributed by atoms with Crippen molar-refractivity contribution in [2.24, 2.45) is 10.9 Å². The van der Waals surface area contributed by atoms with E-state index in [4.69, 9.17) is 10.1 Å². The summed E-state index contributed by atoms with van der Waals surface area (Å²) < 4.78 is 16.4. The summed E-state index contributed by atoms with van der Waals surface area (Å²) in [7, 11) is 1.71. The lowest BCUT2D eigenvalue weighted by Gasteiger charge is -2.35. The Labute approximate surface area is 231 Å². The van der Waals surface area contributed by atoms with Gasteiger partial charge in [0.2, 0.25) is 0 Å². The van der Waals surface area contributed by atoms with Crippen molar-refractivity contribution in [3.05, 3.63) is 58.4 Å². The Kier molecular flexibility index (Phi) is 6.69. The standard InChI is InChI=1S/C29H33FN8O2/c1-16-13-38-26(34-28(16)36-14-19(12-31-4)25(39)15-36)11-22(35-38)24-7-5-6-8-37(24)29(40)21-9-20(30)10-23-27(21)33-18(3)17(2)32-23/h9-13,19,24-25,39H,5-8,14-15H2,1-4H3/b31-12-/t19-,24+,25+/m1/s1. The van der Waals surface area contributed by atoms with Crippen molar-refractivity contribution in [2.45, 2.75) is 52.2 Å². The molecule has 1 amide bonds. The van der Waals surface area contributed by atoms with E-state index in [-0.39, 0.29) is 23.4 Å². The van der Waals surface area contributed by atoms with Gasteiger partial charge in [-0.1, -0.05) is 0 Å². The third-order valence-corrected chi connectivity index (χ3v) is 8.08. The number of carbonyl (C=O) groups excluding carboxylic acids is 1. The van der Waals surface area contributed by atoms with Crippen molar-refractivity contribution >= 4 is 34.6 Å². The molecular formula is C29H33FN8O2. The topological polar surface area (TPSA) is 112 Å². The van der Waals surface area contributed by atoms with Gasteiger partial charge in [-0.3, -0.25) is 4.79 Å². The van der Waals surface area contributed by atoms with Crippen LogP contribution < -0.4 is 4.90 Å². The van der Waals surface area contributed by atoms with Crippen LogP contribution in [0.2, 0.25) is 0 Å². The zero-order valence-electron chi connectivity index (χ0n) is 23.2. The molecule has 0 radical (unpaired) electrons. The number of aliphatic imine (C=N–C) groups is 1. The Morgan fingerprint density at radius 3 is 2.70 bits per heavy atom. The van der Waals surface area contributed by atoms with Crippen molar-refractivity contribution < 1.29 is 14.3 Å². The predicted octanol–water partition coefficient (Wildman–Crippen LogP) is 3.60. The quantitative estimate of drug-likeness (QED) is 0.391. The minimum absolute atomic E-state index is 0.0407. The lowest BCUT2D eigenvalue weighted by atomic mass is 9.97. The van der Waals surface area contributed by atoms with Crippen LogP contribution in [0.5, 0.6) is 0 Å². The fourth-order valence-corrected chi connectivity index (χ4v) is 5.92. The van der Waals surface area contributed by atoms with E-state index in [0.717, 1.165) is 36.3 Å². The maximum absolute atomic E-state index is 14.6. The van der Waals surface area contributed by atoms with E-state index in [0.29, 0.717) is 47.7 Å². The highest BCUT2D eigenvalue weighted by atomic mass is 19.1. The molecule has 208 valence electrons. The molecule has 4 aromatic rings. The number of amides is 1. The van der Waals surface area contributed by atoms with Gasteiger partial charge >= 0.3 is 0 Å². The molecule has 10 nitrogen and oxygen atoms in total. The second-order valence-electron chi connectivity index (χ2n) is 10.9. The second kappa shape index (κ2) is 10.2. The number of β-amino-alcohol motifs (C(OH)–C–C–N with tert-alkyl or cyclic N) is 1. The van der Waals surface area contributed by atoms with Crippen LogP contribution in [-0.2, 0) is 0 Å². The van der Waals surface area contributed by atoms with Crippen molar-refractivity contribution in [1.82, 2.24) is 29.5 Å². The number of nitrogens with zero attached hydrogens (tertiary/aromatic N) is 8. The number of aromatic nitrogens is 5. The van der Waals surface area contributed by atoms with Crippen LogP contribution in [-0.4, -0.2) is 79.5 Å². The molecule has 6 rings (SSSR count). The SMILES string of the molecule is C/N=C\[C@@H]1CN(c2nc3cc([C@@H]4CCCCN4C(=O)c4cc(F)cc5nc(C)c(C)nc45)nn3cc2C)C[C@@H]1O. The molecule has 0 saturated carbocycles. The molecule has 2 aliphatic heterocycles. The highest BCUT2D eigenvalue weighted by molar-refractivity contribution is 6.05. The Hall–Kier alpha value is -3.99. The lowest BCUT2D eigenvalue weighted by molar-refractivity contribution is 0.0607. The van der Waals surface area contributed by atoms with E-state index in [1.807, 2.05) is 33.0 Å². The number of hydrogen-bond acceptors (Lipinski definition) is 8. The Balaban J connectivity index is 1.35. The van der Waals surface area contributed by atoms with Gasteiger partial charge in [0.15, 0.2) is 5.65 Å². The van der Waals surface area contributed by atoms with E-state index in [2.05, 4.69) is 19.9 Å². The number of hydrogen-bond donors (Lipinski definition) is 1. The lowest BCUT2D eigenvalue weighted by Crippen LogP contribution is -2.39. The average Bonchev–Trinajstić information content (AvgIpc) is 3.51. The molecule has 2 fully saturated rings. The van der Waals surface area contributed by atoms with Gasteiger partial charge in [0, 0.05) is 62.7 Å². The van der Waals surface area contributed by atoms with Crippen LogP contribution in [0.15, 0.2) is 29.4 Å². The number of aryl methyl sites for hydroxylation is 3. The normalized spacial score (nSPS) is 21.8. The van der Waals surface area contributed by atoms with Gasteiger partial charge in [0.05, 0.1) is 40.3 Å². The molecule has 1 N–H and O–H groups in total. The number of likely N-dealkylation sites (tertiary alicyclic amines) is 1. The van der Waals surface area contributed by atoms with Crippen molar-refractivity contribution in [3.63, 3.8) is 0 Å². The molecule has 2 saturated heterocycles. The molecular weight excluding hydrogens is 511 g/mol. The number of fused-ring (bicyclic) bond motifs is 2. The van der Waals surface area contributed by atoms with Crippen LogP contribution in [0.3, 0.4) is 0 Å². The van der Waals surface area contributed by atoms with Gasteiger partial charge in [0.1, 0.15) is 17.2 Å². The first-order valence-electron chi connectivity index (χ1n) is 13.7. The number of benzene rings is 1. The highest BCUT2D eigenvalue weighted by Crippen LogP contribution is 2.34. The summed E-state index contributed by atoms with van der Waals surface area (Å²) >= 11 is 0. The summed E-state index contributed by atoms with van der Waals surface area (Å²) in [5.41, 5.74) is 4.77. The number of aliphatic hydroxyl groups is 1. The summed E-state index contributed by atoms with van der Waals surface area (Å²) in [5, 5.41) is 15.3. The summed E-state index contributed by atoms with van der Waals surface area (Å²) in [4.78, 5) is 35.9. The van der Waals surface area contributed by atoms with Crippen molar-refractivity contribution in [1.29, 1.82) is 0 Å². The first-order valence-corrected chi connectivity index (χ1v) is 13.7. The van der Waals surface area contributed by atoms with Gasteiger partial charge in [-0.2, -0.15) is 5.10 Å². The second-order valence-corrected chi connectivity index (χ2v) is 10.9. The summed E-state index contributed by atoms with van der Waals surface area (Å²) in [6, 6.07) is 4.24. The van der Waals surface area contributed by atoms with Gasteiger partial charge < -0.3 is 19.9 Å². The maximum atomic E-state index is 14.6. The van der Waals surface area contributed by atoms with E-state index < -0.39 is 11.9 Å². The number of halogens is 1. The zero-order valence-corrected chi connectivity index (χ0v) is 23.2. The molecule has 40 heavy (non-hydrogen) atoms. The van der Waals surface area contributed by atoms with Crippen molar-refractivity contribution in [3.8, 4) is 0 Å². The fourth-order valence-electron chi connectivity index (χ4n) is 5.92. The van der Waals surface area contributed by atoms with Crippen LogP contribution >= 0.6 is 0 Å². The Bertz CT molecular complexity index is 1650. The molecule has 3 atom stereocenters. The van der Waals surface area contributed by atoms with Crippen molar-refractivity contribution in [2.75, 3.05) is 31.6 Å². The summed E-state index contributed by atoms with van der Waals surface area (Å²) in [6.07, 6.45) is 5.78. The van der Waals surface area contributed by atoms with E-state index in [9.17, 15) is 14.3 Å². The van der Waals surface area contributed by atoms with E-state index in [1.54, 1.807) is 22.7 Å². The van der Waals surface area contributed by atoms with Gasteiger partial charge in [-0.15, -0.1) is 0 Å². The van der Waals surface area contributed by atoms with Gasteiger partial charge in [0.25, 0.3) is 5.91 Å².